The van der Waals surface area contributed by atoms with Crippen LogP contribution in [0.15, 0.2) is 42.5 Å². The standard InChI is InChI=1S/C17H16ClN3O5/c1-11(2)19(10-12-6-4-3-5-7-12)17(22)13-8-14(20(23)24)16(18)15(9-13)21(25)26/h3-9,11H,10H2,1-2H3. The Labute approximate surface area is 154 Å². The summed E-state index contributed by atoms with van der Waals surface area (Å²) in [6.07, 6.45) is 0. The van der Waals surface area contributed by atoms with E-state index in [4.69, 9.17) is 11.6 Å². The fourth-order valence-corrected chi connectivity index (χ4v) is 2.67. The molecule has 0 N–H and O–H groups in total. The number of rotatable bonds is 6. The third kappa shape index (κ3) is 4.15. The molecule has 26 heavy (non-hydrogen) atoms. The molecule has 0 atom stereocenters. The monoisotopic (exact) mass is 377 g/mol. The van der Waals surface area contributed by atoms with Crippen molar-refractivity contribution in [1.82, 2.24) is 4.90 Å². The van der Waals surface area contributed by atoms with Gasteiger partial charge in [0.2, 0.25) is 0 Å². The average molecular weight is 378 g/mol. The third-order valence-electron chi connectivity index (χ3n) is 3.75. The van der Waals surface area contributed by atoms with Crippen LogP contribution < -0.4 is 0 Å². The first-order valence-corrected chi connectivity index (χ1v) is 8.07. The van der Waals surface area contributed by atoms with E-state index in [9.17, 15) is 25.0 Å². The van der Waals surface area contributed by atoms with Crippen molar-refractivity contribution in [2.75, 3.05) is 0 Å². The van der Waals surface area contributed by atoms with Crippen molar-refractivity contribution in [1.29, 1.82) is 0 Å². The van der Waals surface area contributed by atoms with Gasteiger partial charge < -0.3 is 4.90 Å². The second kappa shape index (κ2) is 7.92. The van der Waals surface area contributed by atoms with Gasteiger partial charge in [0.1, 0.15) is 0 Å². The number of carbonyl (C=O) groups is 1. The van der Waals surface area contributed by atoms with Gasteiger partial charge in [-0.2, -0.15) is 0 Å². The Hall–Kier alpha value is -3.00. The van der Waals surface area contributed by atoms with Crippen molar-refractivity contribution in [3.8, 4) is 0 Å². The normalized spacial score (nSPS) is 10.6. The van der Waals surface area contributed by atoms with E-state index in [-0.39, 0.29) is 18.2 Å². The highest BCUT2D eigenvalue weighted by atomic mass is 35.5. The zero-order valence-electron chi connectivity index (χ0n) is 14.1. The molecule has 0 aliphatic rings. The van der Waals surface area contributed by atoms with Gasteiger partial charge >= 0.3 is 0 Å². The van der Waals surface area contributed by atoms with Gasteiger partial charge in [0.15, 0.2) is 5.02 Å². The molecule has 0 aromatic heterocycles. The maximum absolute atomic E-state index is 12.9. The summed E-state index contributed by atoms with van der Waals surface area (Å²) in [4.78, 5) is 35.0. The number of carbonyl (C=O) groups excluding carboxylic acids is 1. The van der Waals surface area contributed by atoms with Crippen molar-refractivity contribution in [2.24, 2.45) is 0 Å². The van der Waals surface area contributed by atoms with Crippen LogP contribution in [0.2, 0.25) is 5.02 Å². The summed E-state index contributed by atoms with van der Waals surface area (Å²) in [6, 6.07) is 10.9. The number of nitro groups is 2. The zero-order chi connectivity index (χ0) is 19.4. The molecule has 2 aromatic carbocycles. The lowest BCUT2D eigenvalue weighted by Crippen LogP contribution is -2.36. The Balaban J connectivity index is 2.48. The van der Waals surface area contributed by atoms with Crippen LogP contribution in [0.5, 0.6) is 0 Å². The Morgan fingerprint density at radius 1 is 1.08 bits per heavy atom. The van der Waals surface area contributed by atoms with E-state index in [1.807, 2.05) is 30.3 Å². The molecule has 8 nitrogen and oxygen atoms in total. The number of halogens is 1. The highest BCUT2D eigenvalue weighted by Crippen LogP contribution is 2.35. The van der Waals surface area contributed by atoms with E-state index in [2.05, 4.69) is 0 Å². The Morgan fingerprint density at radius 2 is 1.58 bits per heavy atom. The van der Waals surface area contributed by atoms with E-state index in [1.165, 1.54) is 4.90 Å². The largest absolute Gasteiger partial charge is 0.332 e. The molecule has 1 amide bonds. The van der Waals surface area contributed by atoms with Crippen LogP contribution >= 0.6 is 11.6 Å². The quantitative estimate of drug-likeness (QED) is 0.553. The average Bonchev–Trinajstić information content (AvgIpc) is 2.59. The molecule has 0 aliphatic carbocycles. The van der Waals surface area contributed by atoms with Crippen LogP contribution in [-0.4, -0.2) is 26.7 Å². The highest BCUT2D eigenvalue weighted by molar-refractivity contribution is 6.35. The molecule has 9 heteroatoms. The van der Waals surface area contributed by atoms with Crippen molar-refractivity contribution in [3.63, 3.8) is 0 Å². The van der Waals surface area contributed by atoms with Gasteiger partial charge in [-0.25, -0.2) is 0 Å². The highest BCUT2D eigenvalue weighted by Gasteiger charge is 2.29. The van der Waals surface area contributed by atoms with Crippen molar-refractivity contribution in [2.45, 2.75) is 26.4 Å². The van der Waals surface area contributed by atoms with Crippen LogP contribution in [0.3, 0.4) is 0 Å². The predicted octanol–water partition coefficient (Wildman–Crippen LogP) is 4.21. The zero-order valence-corrected chi connectivity index (χ0v) is 14.8. The van der Waals surface area contributed by atoms with Gasteiger partial charge in [-0.3, -0.25) is 25.0 Å². The first-order chi connectivity index (χ1) is 12.2. The van der Waals surface area contributed by atoms with Gasteiger partial charge in [-0.05, 0) is 19.4 Å². The first kappa shape index (κ1) is 19.3. The first-order valence-electron chi connectivity index (χ1n) is 7.69. The van der Waals surface area contributed by atoms with E-state index >= 15 is 0 Å². The second-order valence-electron chi connectivity index (χ2n) is 5.86. The molecule has 0 unspecified atom stereocenters. The molecular weight excluding hydrogens is 362 g/mol. The lowest BCUT2D eigenvalue weighted by Gasteiger charge is -2.27. The van der Waals surface area contributed by atoms with Gasteiger partial charge in [-0.1, -0.05) is 41.9 Å². The molecule has 2 rings (SSSR count). The maximum Gasteiger partial charge on any atom is 0.295 e. The van der Waals surface area contributed by atoms with E-state index in [0.717, 1.165) is 17.7 Å². The lowest BCUT2D eigenvalue weighted by molar-refractivity contribution is -0.393. The van der Waals surface area contributed by atoms with Crippen LogP contribution in [0.25, 0.3) is 0 Å². The van der Waals surface area contributed by atoms with Gasteiger partial charge in [0, 0.05) is 24.7 Å². The van der Waals surface area contributed by atoms with Crippen LogP contribution in [-0.2, 0) is 6.54 Å². The Kier molecular flexibility index (Phi) is 5.89. The molecule has 0 bridgehead atoms. The van der Waals surface area contributed by atoms with Crippen LogP contribution in [0, 0.1) is 20.2 Å². The molecule has 0 spiro atoms. The number of hydrogen-bond donors (Lipinski definition) is 0. The summed E-state index contributed by atoms with van der Waals surface area (Å²) in [5.41, 5.74) is -0.634. The number of benzene rings is 2. The summed E-state index contributed by atoms with van der Waals surface area (Å²) in [5.74, 6) is -0.549. The number of amides is 1. The van der Waals surface area contributed by atoms with Crippen molar-refractivity contribution in [3.05, 3.63) is 78.8 Å². The molecule has 0 aliphatic heterocycles. The fraction of sp³-hybridized carbons (Fsp3) is 0.235. The molecule has 0 saturated heterocycles. The predicted molar refractivity (Wildman–Crippen MR) is 96.2 cm³/mol. The molecule has 0 saturated carbocycles. The summed E-state index contributed by atoms with van der Waals surface area (Å²) in [5, 5.41) is 21.7. The molecule has 0 fully saturated rings. The molecule has 0 radical (unpaired) electrons. The third-order valence-corrected chi connectivity index (χ3v) is 4.14. The SMILES string of the molecule is CC(C)N(Cc1ccccc1)C(=O)c1cc([N+](=O)[O-])c(Cl)c([N+](=O)[O-])c1. The van der Waals surface area contributed by atoms with Crippen molar-refractivity contribution < 1.29 is 14.6 Å². The summed E-state index contributed by atoms with van der Waals surface area (Å²) in [6.45, 7) is 3.85. The maximum atomic E-state index is 12.9. The topological polar surface area (TPSA) is 107 Å². The summed E-state index contributed by atoms with van der Waals surface area (Å²) < 4.78 is 0. The fourth-order valence-electron chi connectivity index (χ4n) is 2.42. The van der Waals surface area contributed by atoms with Gasteiger partial charge in [0.25, 0.3) is 17.3 Å². The smallest absolute Gasteiger partial charge is 0.295 e. The number of hydrogen-bond acceptors (Lipinski definition) is 5. The van der Waals surface area contributed by atoms with Crippen LogP contribution in [0.1, 0.15) is 29.8 Å². The van der Waals surface area contributed by atoms with E-state index < -0.39 is 32.2 Å². The summed E-state index contributed by atoms with van der Waals surface area (Å²) in [7, 11) is 0. The van der Waals surface area contributed by atoms with Gasteiger partial charge in [0.05, 0.1) is 15.4 Å². The van der Waals surface area contributed by atoms with E-state index in [1.54, 1.807) is 13.8 Å². The molecule has 136 valence electrons. The Morgan fingerprint density at radius 3 is 2.00 bits per heavy atom. The minimum absolute atomic E-state index is 0.155. The Bertz CT molecular complexity index is 820. The number of nitro benzene ring substituents is 2. The molecule has 2 aromatic rings. The van der Waals surface area contributed by atoms with Gasteiger partial charge in [-0.15, -0.1) is 0 Å². The van der Waals surface area contributed by atoms with Crippen molar-refractivity contribution >= 4 is 28.9 Å². The van der Waals surface area contributed by atoms with Crippen LogP contribution in [0.4, 0.5) is 11.4 Å². The minimum atomic E-state index is -0.844. The molecular formula is C17H16ClN3O5. The molecule has 0 heterocycles. The lowest BCUT2D eigenvalue weighted by atomic mass is 10.1. The van der Waals surface area contributed by atoms with E-state index in [0.29, 0.717) is 0 Å². The number of nitrogens with zero attached hydrogens (tertiary/aromatic N) is 3. The summed E-state index contributed by atoms with van der Waals surface area (Å²) >= 11 is 5.74. The minimum Gasteiger partial charge on any atom is -0.332 e. The second-order valence-corrected chi connectivity index (χ2v) is 6.23.